The molecule has 2 atom stereocenters. The molecule has 1 rings (SSSR count). The molecule has 0 bridgehead atoms. The number of cyclic esters (lactones) is 1. The van der Waals surface area contributed by atoms with Gasteiger partial charge in [0.25, 0.3) is 0 Å². The fraction of sp³-hybridized carbons (Fsp3) is 0.667. The first kappa shape index (κ1) is 12.7. The first-order chi connectivity index (χ1) is 7.27. The highest BCUT2D eigenvalue weighted by molar-refractivity contribution is 5.88. The van der Waals surface area contributed by atoms with Crippen LogP contribution in [0.15, 0.2) is 11.6 Å². The summed E-state index contributed by atoms with van der Waals surface area (Å²) in [6.45, 7) is 7.54. The SMILES string of the molecule is COC(=O)[C@H]1C(C)=CC(=O)O[C@@H]1C(C)(C)C. The van der Waals surface area contributed by atoms with Crippen LogP contribution in [0, 0.1) is 11.3 Å². The summed E-state index contributed by atoms with van der Waals surface area (Å²) < 4.78 is 9.99. The zero-order valence-electron chi connectivity index (χ0n) is 10.4. The van der Waals surface area contributed by atoms with Gasteiger partial charge in [-0.15, -0.1) is 0 Å². The Labute approximate surface area is 95.6 Å². The summed E-state index contributed by atoms with van der Waals surface area (Å²) in [4.78, 5) is 23.0. The molecule has 4 nitrogen and oxygen atoms in total. The van der Waals surface area contributed by atoms with E-state index in [1.807, 2.05) is 20.8 Å². The zero-order valence-corrected chi connectivity index (χ0v) is 10.4. The summed E-state index contributed by atoms with van der Waals surface area (Å²) in [5.74, 6) is -1.25. The Bertz CT molecular complexity index is 335. The van der Waals surface area contributed by atoms with Gasteiger partial charge in [-0.3, -0.25) is 4.79 Å². The molecule has 0 amide bonds. The minimum atomic E-state index is -0.498. The number of esters is 2. The van der Waals surface area contributed by atoms with E-state index in [1.54, 1.807) is 6.92 Å². The van der Waals surface area contributed by atoms with Crippen LogP contribution in [-0.2, 0) is 19.1 Å². The van der Waals surface area contributed by atoms with Gasteiger partial charge in [0.1, 0.15) is 12.0 Å². The van der Waals surface area contributed by atoms with Crippen LogP contribution >= 0.6 is 0 Å². The van der Waals surface area contributed by atoms with Crippen LogP contribution < -0.4 is 0 Å². The lowest BCUT2D eigenvalue weighted by molar-refractivity contribution is -0.164. The highest BCUT2D eigenvalue weighted by Gasteiger charge is 2.43. The molecule has 90 valence electrons. The topological polar surface area (TPSA) is 52.6 Å². The lowest BCUT2D eigenvalue weighted by atomic mass is 9.77. The van der Waals surface area contributed by atoms with Gasteiger partial charge < -0.3 is 9.47 Å². The highest BCUT2D eigenvalue weighted by Crippen LogP contribution is 2.35. The Morgan fingerprint density at radius 1 is 1.44 bits per heavy atom. The van der Waals surface area contributed by atoms with Crippen LogP contribution in [0.1, 0.15) is 27.7 Å². The Balaban J connectivity index is 3.11. The molecule has 0 unspecified atom stereocenters. The molecule has 1 aliphatic heterocycles. The second-order valence-corrected chi connectivity index (χ2v) is 5.11. The highest BCUT2D eigenvalue weighted by atomic mass is 16.6. The Morgan fingerprint density at radius 2 is 2.00 bits per heavy atom. The summed E-state index contributed by atoms with van der Waals surface area (Å²) >= 11 is 0. The Morgan fingerprint density at radius 3 is 2.44 bits per heavy atom. The number of rotatable bonds is 1. The van der Waals surface area contributed by atoms with Crippen LogP contribution in [0.3, 0.4) is 0 Å². The molecule has 0 aromatic rings. The Hall–Kier alpha value is -1.32. The Kier molecular flexibility index (Phi) is 3.41. The van der Waals surface area contributed by atoms with Gasteiger partial charge in [0.05, 0.1) is 7.11 Å². The van der Waals surface area contributed by atoms with Crippen LogP contribution in [0.25, 0.3) is 0 Å². The molecule has 0 aromatic heterocycles. The maximum absolute atomic E-state index is 11.7. The lowest BCUT2D eigenvalue weighted by Crippen LogP contribution is -2.45. The van der Waals surface area contributed by atoms with Crippen molar-refractivity contribution in [1.82, 2.24) is 0 Å². The third-order valence-electron chi connectivity index (χ3n) is 2.69. The van der Waals surface area contributed by atoms with E-state index in [4.69, 9.17) is 9.47 Å². The minimum Gasteiger partial charge on any atom is -0.468 e. The maximum Gasteiger partial charge on any atom is 0.331 e. The fourth-order valence-corrected chi connectivity index (χ4v) is 1.85. The maximum atomic E-state index is 11.7. The molecule has 1 aliphatic rings. The van der Waals surface area contributed by atoms with Crippen molar-refractivity contribution in [3.8, 4) is 0 Å². The summed E-state index contributed by atoms with van der Waals surface area (Å²) in [6, 6.07) is 0. The van der Waals surface area contributed by atoms with Crippen LogP contribution in [0.4, 0.5) is 0 Å². The van der Waals surface area contributed by atoms with Gasteiger partial charge in [-0.2, -0.15) is 0 Å². The van der Waals surface area contributed by atoms with Crippen LogP contribution in [-0.4, -0.2) is 25.2 Å². The molecule has 0 fully saturated rings. The molecule has 0 saturated heterocycles. The van der Waals surface area contributed by atoms with Crippen molar-refractivity contribution in [3.05, 3.63) is 11.6 Å². The number of methoxy groups -OCH3 is 1. The van der Waals surface area contributed by atoms with E-state index in [0.717, 1.165) is 0 Å². The van der Waals surface area contributed by atoms with E-state index in [-0.39, 0.29) is 11.4 Å². The van der Waals surface area contributed by atoms with Gasteiger partial charge in [-0.05, 0) is 12.5 Å². The second-order valence-electron chi connectivity index (χ2n) is 5.11. The molecule has 16 heavy (non-hydrogen) atoms. The molecule has 0 spiro atoms. The van der Waals surface area contributed by atoms with Gasteiger partial charge in [0, 0.05) is 11.5 Å². The van der Waals surface area contributed by atoms with E-state index in [2.05, 4.69) is 0 Å². The normalized spacial score (nSPS) is 25.8. The standard InChI is InChI=1S/C12H18O4/c1-7-6-8(13)16-10(12(2,3)4)9(7)11(14)15-5/h6,9-10H,1-5H3/t9-,10-/m0/s1. The number of hydrogen-bond donors (Lipinski definition) is 0. The quantitative estimate of drug-likeness (QED) is 0.638. The molecular weight excluding hydrogens is 208 g/mol. The van der Waals surface area contributed by atoms with Crippen molar-refractivity contribution in [3.63, 3.8) is 0 Å². The third-order valence-corrected chi connectivity index (χ3v) is 2.69. The van der Waals surface area contributed by atoms with E-state index in [9.17, 15) is 9.59 Å². The second kappa shape index (κ2) is 4.28. The molecule has 0 saturated carbocycles. The summed E-state index contributed by atoms with van der Waals surface area (Å²) in [5, 5.41) is 0. The number of carbonyl (C=O) groups excluding carboxylic acids is 2. The summed E-state index contributed by atoms with van der Waals surface area (Å²) in [5.41, 5.74) is 0.396. The summed E-state index contributed by atoms with van der Waals surface area (Å²) in [6.07, 6.45) is 0.876. The van der Waals surface area contributed by atoms with Gasteiger partial charge >= 0.3 is 11.9 Å². The van der Waals surface area contributed by atoms with Gasteiger partial charge in [-0.1, -0.05) is 20.8 Å². The van der Waals surface area contributed by atoms with Crippen LogP contribution in [0.5, 0.6) is 0 Å². The van der Waals surface area contributed by atoms with Crippen molar-refractivity contribution < 1.29 is 19.1 Å². The van der Waals surface area contributed by atoms with Crippen molar-refractivity contribution in [2.45, 2.75) is 33.8 Å². The minimum absolute atomic E-state index is 0.302. The molecule has 4 heteroatoms. The lowest BCUT2D eigenvalue weighted by Gasteiger charge is -2.37. The van der Waals surface area contributed by atoms with E-state index < -0.39 is 18.0 Å². The number of carbonyl (C=O) groups is 2. The van der Waals surface area contributed by atoms with Crippen molar-refractivity contribution in [2.75, 3.05) is 7.11 Å². The average molecular weight is 226 g/mol. The van der Waals surface area contributed by atoms with Crippen molar-refractivity contribution in [2.24, 2.45) is 11.3 Å². The molecule has 1 heterocycles. The van der Waals surface area contributed by atoms with Gasteiger partial charge in [0.15, 0.2) is 0 Å². The fourth-order valence-electron chi connectivity index (χ4n) is 1.85. The van der Waals surface area contributed by atoms with E-state index >= 15 is 0 Å². The molecule has 0 aliphatic carbocycles. The average Bonchev–Trinajstić information content (AvgIpc) is 2.14. The number of ether oxygens (including phenoxy) is 2. The smallest absolute Gasteiger partial charge is 0.331 e. The van der Waals surface area contributed by atoms with Crippen molar-refractivity contribution >= 4 is 11.9 Å². The predicted octanol–water partition coefficient (Wildman–Crippen LogP) is 1.69. The molecule has 0 N–H and O–H groups in total. The zero-order chi connectivity index (χ0) is 12.5. The third kappa shape index (κ3) is 2.43. The number of hydrogen-bond acceptors (Lipinski definition) is 4. The largest absolute Gasteiger partial charge is 0.468 e. The van der Waals surface area contributed by atoms with E-state index in [1.165, 1.54) is 13.2 Å². The monoisotopic (exact) mass is 226 g/mol. The van der Waals surface area contributed by atoms with Gasteiger partial charge in [0.2, 0.25) is 0 Å². The predicted molar refractivity (Wildman–Crippen MR) is 58.6 cm³/mol. The molecular formula is C12H18O4. The molecule has 0 radical (unpaired) electrons. The first-order valence-electron chi connectivity index (χ1n) is 5.24. The summed E-state index contributed by atoms with van der Waals surface area (Å²) in [7, 11) is 1.34. The van der Waals surface area contributed by atoms with Crippen LogP contribution in [0.2, 0.25) is 0 Å². The first-order valence-corrected chi connectivity index (χ1v) is 5.24. The van der Waals surface area contributed by atoms with Crippen molar-refractivity contribution in [1.29, 1.82) is 0 Å². The van der Waals surface area contributed by atoms with Gasteiger partial charge in [-0.25, -0.2) is 4.79 Å². The van der Waals surface area contributed by atoms with E-state index in [0.29, 0.717) is 5.57 Å². The molecule has 0 aromatic carbocycles.